The van der Waals surface area contributed by atoms with Gasteiger partial charge in [0.2, 0.25) is 14.2 Å². The molecule has 1 amide bonds. The zero-order valence-electron chi connectivity index (χ0n) is 17.3. The van der Waals surface area contributed by atoms with Gasteiger partial charge in [-0.3, -0.25) is 4.79 Å². The Kier molecular flexibility index (Phi) is 7.65. The molecule has 0 spiro atoms. The highest BCUT2D eigenvalue weighted by atomic mass is 28.4. The lowest BCUT2D eigenvalue weighted by atomic mass is 9.89. The number of carbonyl (C=O) groups excluding carboxylic acids is 2. The summed E-state index contributed by atoms with van der Waals surface area (Å²) in [5.74, 6) is 0.0197. The van der Waals surface area contributed by atoms with Gasteiger partial charge >= 0.3 is 5.97 Å². The van der Waals surface area contributed by atoms with Crippen LogP contribution in [0.25, 0.3) is 0 Å². The van der Waals surface area contributed by atoms with Gasteiger partial charge in [0, 0.05) is 26.4 Å². The predicted octanol–water partition coefficient (Wildman–Crippen LogP) is 3.51. The number of rotatable bonds is 6. The standard InChI is InChI=1S/C19H33NO5Si/c1-13(21)20-16(18(22)24-6)11-14-9-10-15(12-17(14)23-5)25-26(7,8)19(2,3)4/h11-12,14,17H,9-10H2,1-8H3,(H,20,21)/b16-11-. The fraction of sp³-hybridized carbons (Fsp3) is 0.684. The number of nitrogens with one attached hydrogen (secondary N) is 1. The van der Waals surface area contributed by atoms with Crippen molar-refractivity contribution in [2.45, 2.75) is 64.8 Å². The number of methoxy groups -OCH3 is 2. The largest absolute Gasteiger partial charge is 0.547 e. The first-order valence-corrected chi connectivity index (χ1v) is 11.8. The summed E-state index contributed by atoms with van der Waals surface area (Å²) in [5, 5.41) is 2.66. The first kappa shape index (κ1) is 22.4. The number of allylic oxidation sites excluding steroid dienone is 1. The van der Waals surface area contributed by atoms with Crippen LogP contribution in [0.2, 0.25) is 18.1 Å². The zero-order chi connectivity index (χ0) is 20.1. The topological polar surface area (TPSA) is 73.9 Å². The summed E-state index contributed by atoms with van der Waals surface area (Å²) >= 11 is 0. The van der Waals surface area contributed by atoms with Crippen LogP contribution >= 0.6 is 0 Å². The Balaban J connectivity index is 3.02. The van der Waals surface area contributed by atoms with Crippen molar-refractivity contribution in [3.05, 3.63) is 23.6 Å². The van der Waals surface area contributed by atoms with Gasteiger partial charge in [-0.2, -0.15) is 0 Å². The Hall–Kier alpha value is -1.60. The highest BCUT2D eigenvalue weighted by molar-refractivity contribution is 6.74. The number of hydrogen-bond acceptors (Lipinski definition) is 5. The molecule has 148 valence electrons. The first-order chi connectivity index (χ1) is 11.9. The zero-order valence-corrected chi connectivity index (χ0v) is 18.3. The van der Waals surface area contributed by atoms with Gasteiger partial charge in [-0.15, -0.1) is 0 Å². The van der Waals surface area contributed by atoms with Crippen molar-refractivity contribution in [2.75, 3.05) is 14.2 Å². The SMILES string of the molecule is COC(=O)/C(=C/C1CCC(O[Si](C)(C)C(C)(C)C)=CC1OC)NC(C)=O. The van der Waals surface area contributed by atoms with Crippen molar-refractivity contribution < 1.29 is 23.5 Å². The van der Waals surface area contributed by atoms with Crippen LogP contribution in [-0.4, -0.2) is 40.5 Å². The Morgan fingerprint density at radius 2 is 1.88 bits per heavy atom. The average molecular weight is 384 g/mol. The molecular weight excluding hydrogens is 350 g/mol. The molecule has 0 aliphatic heterocycles. The molecule has 1 N–H and O–H groups in total. The maximum atomic E-state index is 11.9. The number of esters is 1. The van der Waals surface area contributed by atoms with Crippen LogP contribution in [0.1, 0.15) is 40.5 Å². The lowest BCUT2D eigenvalue weighted by Crippen LogP contribution is -2.41. The van der Waals surface area contributed by atoms with Crippen molar-refractivity contribution in [2.24, 2.45) is 5.92 Å². The summed E-state index contributed by atoms with van der Waals surface area (Å²) in [4.78, 5) is 23.2. The molecular formula is C19H33NO5Si. The smallest absolute Gasteiger partial charge is 0.354 e. The van der Waals surface area contributed by atoms with Crippen molar-refractivity contribution in [3.63, 3.8) is 0 Å². The molecule has 7 heteroatoms. The second-order valence-corrected chi connectivity index (χ2v) is 12.9. The van der Waals surface area contributed by atoms with E-state index in [0.29, 0.717) is 0 Å². The fourth-order valence-corrected chi connectivity index (χ4v) is 3.66. The molecule has 0 saturated heterocycles. The van der Waals surface area contributed by atoms with Crippen molar-refractivity contribution in [3.8, 4) is 0 Å². The van der Waals surface area contributed by atoms with Crippen LogP contribution in [0.4, 0.5) is 0 Å². The molecule has 2 atom stereocenters. The quantitative estimate of drug-likeness (QED) is 0.432. The maximum absolute atomic E-state index is 11.9. The van der Waals surface area contributed by atoms with E-state index in [-0.39, 0.29) is 28.7 Å². The summed E-state index contributed by atoms with van der Waals surface area (Å²) in [7, 11) is 1.02. The van der Waals surface area contributed by atoms with Gasteiger partial charge in [0.05, 0.1) is 19.0 Å². The number of amides is 1. The fourth-order valence-electron chi connectivity index (χ4n) is 2.52. The van der Waals surface area contributed by atoms with Crippen molar-refractivity contribution >= 4 is 20.2 Å². The predicted molar refractivity (Wildman–Crippen MR) is 104 cm³/mol. The Bertz CT molecular complexity index is 589. The third-order valence-electron chi connectivity index (χ3n) is 5.06. The Morgan fingerprint density at radius 1 is 1.27 bits per heavy atom. The first-order valence-electron chi connectivity index (χ1n) is 8.91. The van der Waals surface area contributed by atoms with Crippen LogP contribution in [0.5, 0.6) is 0 Å². The molecule has 1 aliphatic carbocycles. The molecule has 6 nitrogen and oxygen atoms in total. The minimum atomic E-state index is -1.90. The second kappa shape index (κ2) is 8.86. The van der Waals surface area contributed by atoms with E-state index in [1.807, 2.05) is 6.08 Å². The lowest BCUT2D eigenvalue weighted by Gasteiger charge is -2.39. The van der Waals surface area contributed by atoms with Crippen molar-refractivity contribution in [1.82, 2.24) is 5.32 Å². The molecule has 0 radical (unpaired) electrons. The van der Waals surface area contributed by atoms with Gasteiger partial charge < -0.3 is 19.2 Å². The third kappa shape index (κ3) is 5.98. The molecule has 2 unspecified atom stereocenters. The molecule has 1 aliphatic rings. The van der Waals surface area contributed by atoms with E-state index < -0.39 is 14.3 Å². The molecule has 0 heterocycles. The summed E-state index contributed by atoms with van der Waals surface area (Å²) in [6.07, 6.45) is 5.02. The van der Waals surface area contributed by atoms with E-state index in [1.165, 1.54) is 14.0 Å². The molecule has 0 aromatic heterocycles. The average Bonchev–Trinajstić information content (AvgIpc) is 2.52. The van der Waals surface area contributed by atoms with E-state index in [4.69, 9.17) is 13.9 Å². The van der Waals surface area contributed by atoms with Gasteiger partial charge in [-0.05, 0) is 36.7 Å². The molecule has 0 aromatic rings. The second-order valence-electron chi connectivity index (χ2n) is 8.15. The van der Waals surface area contributed by atoms with E-state index in [9.17, 15) is 9.59 Å². The lowest BCUT2D eigenvalue weighted by molar-refractivity contribution is -0.137. The molecule has 0 bridgehead atoms. The van der Waals surface area contributed by atoms with Gasteiger partial charge in [0.1, 0.15) is 5.70 Å². The highest BCUT2D eigenvalue weighted by Gasteiger charge is 2.40. The summed E-state index contributed by atoms with van der Waals surface area (Å²) in [6, 6.07) is 0. The van der Waals surface area contributed by atoms with E-state index >= 15 is 0 Å². The van der Waals surface area contributed by atoms with E-state index in [0.717, 1.165) is 18.6 Å². The van der Waals surface area contributed by atoms with Crippen LogP contribution in [0.15, 0.2) is 23.6 Å². The monoisotopic (exact) mass is 383 g/mol. The minimum absolute atomic E-state index is 0.0484. The number of carbonyl (C=O) groups is 2. The minimum Gasteiger partial charge on any atom is -0.547 e. The molecule has 0 fully saturated rings. The van der Waals surface area contributed by atoms with Crippen LogP contribution in [0.3, 0.4) is 0 Å². The van der Waals surface area contributed by atoms with E-state index in [1.54, 1.807) is 13.2 Å². The summed E-state index contributed by atoms with van der Waals surface area (Å²) < 4.78 is 16.8. The summed E-state index contributed by atoms with van der Waals surface area (Å²) in [5.41, 5.74) is 0.147. The number of hydrogen-bond donors (Lipinski definition) is 1. The number of ether oxygens (including phenoxy) is 2. The van der Waals surface area contributed by atoms with Gasteiger partial charge in [-0.25, -0.2) is 4.79 Å². The van der Waals surface area contributed by atoms with Gasteiger partial charge in [0.15, 0.2) is 0 Å². The van der Waals surface area contributed by atoms with E-state index in [2.05, 4.69) is 39.2 Å². The van der Waals surface area contributed by atoms with Crippen LogP contribution < -0.4 is 5.32 Å². The third-order valence-corrected chi connectivity index (χ3v) is 9.44. The molecule has 26 heavy (non-hydrogen) atoms. The van der Waals surface area contributed by atoms with Gasteiger partial charge in [0.25, 0.3) is 0 Å². The normalized spacial score (nSPS) is 21.7. The Morgan fingerprint density at radius 3 is 2.35 bits per heavy atom. The maximum Gasteiger partial charge on any atom is 0.354 e. The van der Waals surface area contributed by atoms with Crippen molar-refractivity contribution in [1.29, 1.82) is 0 Å². The molecule has 1 rings (SSSR count). The Labute approximate surface area is 158 Å². The van der Waals surface area contributed by atoms with Gasteiger partial charge in [-0.1, -0.05) is 20.8 Å². The van der Waals surface area contributed by atoms with Crippen LogP contribution in [0, 0.1) is 5.92 Å². The molecule has 0 aromatic carbocycles. The summed E-state index contributed by atoms with van der Waals surface area (Å²) in [6.45, 7) is 12.4. The highest BCUT2D eigenvalue weighted by Crippen LogP contribution is 2.40. The molecule has 0 saturated carbocycles. The van der Waals surface area contributed by atoms with Crippen LogP contribution in [-0.2, 0) is 23.5 Å².